The zero-order chi connectivity index (χ0) is 21.2. The summed E-state index contributed by atoms with van der Waals surface area (Å²) in [6, 6.07) is 10.4. The van der Waals surface area contributed by atoms with Gasteiger partial charge in [0.15, 0.2) is 5.96 Å². The highest BCUT2D eigenvalue weighted by Crippen LogP contribution is 2.24. The second kappa shape index (κ2) is 13.2. The third-order valence-electron chi connectivity index (χ3n) is 5.04. The molecule has 1 aliphatic rings. The van der Waals surface area contributed by atoms with E-state index in [0.717, 1.165) is 18.8 Å². The molecule has 2 aromatic rings. The third-order valence-corrected chi connectivity index (χ3v) is 5.04. The normalized spacial score (nSPS) is 15.6. The van der Waals surface area contributed by atoms with Gasteiger partial charge in [-0.25, -0.2) is 4.99 Å². The largest absolute Gasteiger partial charge is 0.508 e. The van der Waals surface area contributed by atoms with Gasteiger partial charge in [-0.05, 0) is 69.3 Å². The minimum absolute atomic E-state index is 0. The van der Waals surface area contributed by atoms with Gasteiger partial charge in [0.2, 0.25) is 5.91 Å². The number of likely N-dealkylation sites (tertiary alicyclic amines) is 1. The summed E-state index contributed by atoms with van der Waals surface area (Å²) < 4.78 is 5.69. The van der Waals surface area contributed by atoms with Gasteiger partial charge in [-0.15, -0.1) is 24.0 Å². The highest BCUT2D eigenvalue weighted by Gasteiger charge is 2.24. The average molecular weight is 541 g/mol. The molecule has 31 heavy (non-hydrogen) atoms. The van der Waals surface area contributed by atoms with Gasteiger partial charge in [0.1, 0.15) is 18.1 Å². The first-order valence-corrected chi connectivity index (χ1v) is 10.5. The maximum atomic E-state index is 12.2. The molecule has 4 N–H and O–H groups in total. The third kappa shape index (κ3) is 8.06. The smallest absolute Gasteiger partial charge is 0.246 e. The van der Waals surface area contributed by atoms with E-state index in [9.17, 15) is 9.90 Å². The van der Waals surface area contributed by atoms with Gasteiger partial charge in [0.25, 0.3) is 0 Å². The van der Waals surface area contributed by atoms with E-state index >= 15 is 0 Å². The van der Waals surface area contributed by atoms with Crippen LogP contribution in [0.15, 0.2) is 52.1 Å². The lowest BCUT2D eigenvalue weighted by Gasteiger charge is -2.33. The number of piperidine rings is 1. The number of nitrogens with one attached hydrogen (secondary N) is 3. The van der Waals surface area contributed by atoms with E-state index < -0.39 is 0 Å². The van der Waals surface area contributed by atoms with Crippen LogP contribution in [0.3, 0.4) is 0 Å². The number of carbonyl (C=O) groups is 1. The van der Waals surface area contributed by atoms with Crippen molar-refractivity contribution in [2.24, 2.45) is 4.99 Å². The second-order valence-corrected chi connectivity index (χ2v) is 7.30. The van der Waals surface area contributed by atoms with E-state index in [-0.39, 0.29) is 48.2 Å². The van der Waals surface area contributed by atoms with Crippen LogP contribution in [-0.2, 0) is 4.79 Å². The molecule has 170 valence electrons. The van der Waals surface area contributed by atoms with Crippen LogP contribution in [0, 0.1) is 0 Å². The van der Waals surface area contributed by atoms with Crippen molar-refractivity contribution in [1.82, 2.24) is 15.5 Å². The molecule has 1 aromatic carbocycles. The Morgan fingerprint density at radius 3 is 2.55 bits per heavy atom. The Kier molecular flexibility index (Phi) is 10.6. The Hall–Kier alpha value is -2.27. The minimum atomic E-state index is -0.225. The predicted octanol–water partition coefficient (Wildman–Crippen LogP) is 3.32. The van der Waals surface area contributed by atoms with Gasteiger partial charge >= 0.3 is 0 Å². The molecule has 1 saturated heterocycles. The van der Waals surface area contributed by atoms with Gasteiger partial charge in [-0.1, -0.05) is 6.42 Å². The molecule has 0 radical (unpaired) electrons. The Labute approximate surface area is 200 Å². The SMILES string of the molecule is CCNC(=NCC(=O)Nc1ccc(O)cc1)NCC(c1ccco1)N1CCCCC1.I. The van der Waals surface area contributed by atoms with Crippen molar-refractivity contribution >= 4 is 41.5 Å². The summed E-state index contributed by atoms with van der Waals surface area (Å²) in [7, 11) is 0. The molecule has 3 rings (SSSR count). The van der Waals surface area contributed by atoms with Gasteiger partial charge in [-0.3, -0.25) is 9.69 Å². The highest BCUT2D eigenvalue weighted by atomic mass is 127. The molecule has 1 unspecified atom stereocenters. The quantitative estimate of drug-likeness (QED) is 0.177. The molecule has 1 atom stereocenters. The molecule has 1 aromatic heterocycles. The molecule has 0 saturated carbocycles. The predicted molar refractivity (Wildman–Crippen MR) is 133 cm³/mol. The van der Waals surface area contributed by atoms with Gasteiger partial charge in [0, 0.05) is 18.8 Å². The number of aliphatic imine (C=N–C) groups is 1. The van der Waals surface area contributed by atoms with E-state index in [1.54, 1.807) is 18.4 Å². The number of hydrogen-bond donors (Lipinski definition) is 4. The summed E-state index contributed by atoms with van der Waals surface area (Å²) in [5, 5.41) is 18.6. The molecule has 1 amide bonds. The number of amides is 1. The number of aromatic hydroxyl groups is 1. The van der Waals surface area contributed by atoms with Gasteiger partial charge < -0.3 is 25.5 Å². The standard InChI is InChI=1S/C22H31N5O3.HI/c1-2-23-22(25-16-21(29)26-17-8-10-18(28)11-9-17)24-15-19(20-7-6-14-30-20)27-12-4-3-5-13-27;/h6-11,14,19,28H,2-5,12-13,15-16H2,1H3,(H,26,29)(H2,23,24,25);1H. The number of hydrogen-bond acceptors (Lipinski definition) is 5. The lowest BCUT2D eigenvalue weighted by atomic mass is 10.1. The lowest BCUT2D eigenvalue weighted by molar-refractivity contribution is -0.114. The monoisotopic (exact) mass is 541 g/mol. The zero-order valence-corrected chi connectivity index (χ0v) is 20.2. The van der Waals surface area contributed by atoms with E-state index in [4.69, 9.17) is 4.42 Å². The topological polar surface area (TPSA) is 102 Å². The molecule has 0 spiro atoms. The molecule has 8 nitrogen and oxygen atoms in total. The van der Waals surface area contributed by atoms with Crippen LogP contribution in [-0.4, -0.2) is 54.6 Å². The summed E-state index contributed by atoms with van der Waals surface area (Å²) in [4.78, 5) is 19.1. The van der Waals surface area contributed by atoms with Crippen molar-refractivity contribution in [3.05, 3.63) is 48.4 Å². The number of anilines is 1. The van der Waals surface area contributed by atoms with E-state index in [1.165, 1.54) is 31.4 Å². The minimum Gasteiger partial charge on any atom is -0.508 e. The van der Waals surface area contributed by atoms with Crippen LogP contribution in [0.5, 0.6) is 5.75 Å². The number of nitrogens with zero attached hydrogens (tertiary/aromatic N) is 2. The average Bonchev–Trinajstić information content (AvgIpc) is 3.29. The number of carbonyl (C=O) groups excluding carboxylic acids is 1. The lowest BCUT2D eigenvalue weighted by Crippen LogP contribution is -2.44. The Morgan fingerprint density at radius 1 is 1.16 bits per heavy atom. The summed E-state index contributed by atoms with van der Waals surface area (Å²) in [5.41, 5.74) is 0.619. The van der Waals surface area contributed by atoms with Crippen LogP contribution >= 0.6 is 24.0 Å². The fraction of sp³-hybridized carbons (Fsp3) is 0.455. The Balaban J connectivity index is 0.00000341. The molecule has 2 heterocycles. The summed E-state index contributed by atoms with van der Waals surface area (Å²) in [6.45, 7) is 5.42. The van der Waals surface area contributed by atoms with Crippen LogP contribution in [0.2, 0.25) is 0 Å². The molecular formula is C22H32IN5O3. The van der Waals surface area contributed by atoms with Crippen LogP contribution in [0.25, 0.3) is 0 Å². The molecule has 1 fully saturated rings. The van der Waals surface area contributed by atoms with Crippen molar-refractivity contribution in [1.29, 1.82) is 0 Å². The van der Waals surface area contributed by atoms with Crippen molar-refractivity contribution in [3.63, 3.8) is 0 Å². The van der Waals surface area contributed by atoms with Crippen molar-refractivity contribution in [2.45, 2.75) is 32.2 Å². The van der Waals surface area contributed by atoms with Gasteiger partial charge in [0.05, 0.1) is 12.3 Å². The maximum Gasteiger partial charge on any atom is 0.246 e. The number of phenolic OH excluding ortho intramolecular Hbond substituents is 1. The summed E-state index contributed by atoms with van der Waals surface area (Å²) in [5.74, 6) is 1.46. The molecular weight excluding hydrogens is 509 g/mol. The number of phenols is 1. The zero-order valence-electron chi connectivity index (χ0n) is 17.8. The van der Waals surface area contributed by atoms with Gasteiger partial charge in [-0.2, -0.15) is 0 Å². The van der Waals surface area contributed by atoms with E-state index in [0.29, 0.717) is 24.7 Å². The summed E-state index contributed by atoms with van der Waals surface area (Å²) >= 11 is 0. The molecule has 0 aliphatic carbocycles. The summed E-state index contributed by atoms with van der Waals surface area (Å²) in [6.07, 6.45) is 5.37. The number of rotatable bonds is 8. The van der Waals surface area contributed by atoms with Crippen molar-refractivity contribution in [3.8, 4) is 5.75 Å². The van der Waals surface area contributed by atoms with Crippen LogP contribution < -0.4 is 16.0 Å². The first-order chi connectivity index (χ1) is 14.7. The van der Waals surface area contributed by atoms with Crippen molar-refractivity contribution < 1.29 is 14.3 Å². The van der Waals surface area contributed by atoms with Crippen LogP contribution in [0.1, 0.15) is 38.0 Å². The molecule has 1 aliphatic heterocycles. The number of furan rings is 1. The fourth-order valence-electron chi connectivity index (χ4n) is 3.55. The second-order valence-electron chi connectivity index (χ2n) is 7.30. The molecule has 0 bridgehead atoms. The number of benzene rings is 1. The van der Waals surface area contributed by atoms with Crippen LogP contribution in [0.4, 0.5) is 5.69 Å². The van der Waals surface area contributed by atoms with Crippen molar-refractivity contribution in [2.75, 3.05) is 38.0 Å². The first-order valence-electron chi connectivity index (χ1n) is 10.5. The van der Waals surface area contributed by atoms with E-state index in [2.05, 4.69) is 25.8 Å². The van der Waals surface area contributed by atoms with E-state index in [1.807, 2.05) is 19.1 Å². The Bertz CT molecular complexity index is 805. The highest BCUT2D eigenvalue weighted by molar-refractivity contribution is 14.0. The molecule has 9 heteroatoms. The maximum absolute atomic E-state index is 12.2. The first kappa shape index (κ1) is 25.0. The number of halogens is 1. The number of guanidine groups is 1. The fourth-order valence-corrected chi connectivity index (χ4v) is 3.55. The Morgan fingerprint density at radius 2 is 1.90 bits per heavy atom.